The molecular formula is C11H9ClN2O2S. The lowest BCUT2D eigenvalue weighted by molar-refractivity contribution is -0.142. The summed E-state index contributed by atoms with van der Waals surface area (Å²) in [5, 5.41) is 10.4. The van der Waals surface area contributed by atoms with Gasteiger partial charge in [-0.05, 0) is 18.2 Å². The van der Waals surface area contributed by atoms with Gasteiger partial charge in [-0.2, -0.15) is 0 Å². The molecule has 4 nitrogen and oxygen atoms in total. The quantitative estimate of drug-likeness (QED) is 0.909. The molecule has 0 radical (unpaired) electrons. The maximum absolute atomic E-state index is 10.7. The fourth-order valence-corrected chi connectivity index (χ4v) is 3.07. The first-order valence-corrected chi connectivity index (χ1v) is 6.37. The first-order valence-electron chi connectivity index (χ1n) is 5.17. The minimum atomic E-state index is -0.731. The van der Waals surface area contributed by atoms with Gasteiger partial charge in [0, 0.05) is 18.1 Å². The predicted molar refractivity (Wildman–Crippen MR) is 68.0 cm³/mol. The number of hydrogen-bond donors (Lipinski definition) is 1. The Morgan fingerprint density at radius 2 is 2.29 bits per heavy atom. The summed E-state index contributed by atoms with van der Waals surface area (Å²) < 4.78 is 1.03. The Morgan fingerprint density at radius 3 is 3.00 bits per heavy atom. The van der Waals surface area contributed by atoms with Crippen LogP contribution >= 0.6 is 22.9 Å². The topological polar surface area (TPSA) is 53.4 Å². The number of fused-ring (bicyclic) bond motifs is 1. The number of rotatable bonds is 2. The fourth-order valence-electron chi connectivity index (χ4n) is 1.81. The number of halogens is 1. The molecular weight excluding hydrogens is 260 g/mol. The zero-order valence-electron chi connectivity index (χ0n) is 8.76. The van der Waals surface area contributed by atoms with Gasteiger partial charge in [-0.15, -0.1) is 0 Å². The summed E-state index contributed by atoms with van der Waals surface area (Å²) in [6, 6.07) is 5.57. The molecule has 2 heterocycles. The highest BCUT2D eigenvalue weighted by Gasteiger charge is 2.34. The summed E-state index contributed by atoms with van der Waals surface area (Å²) >= 11 is 7.45. The third-order valence-corrected chi connectivity index (χ3v) is 4.15. The van der Waals surface area contributed by atoms with E-state index in [0.29, 0.717) is 18.1 Å². The first-order chi connectivity index (χ1) is 8.13. The van der Waals surface area contributed by atoms with E-state index in [1.807, 2.05) is 23.1 Å². The van der Waals surface area contributed by atoms with Gasteiger partial charge in [0.15, 0.2) is 5.13 Å². The maximum atomic E-state index is 10.7. The Hall–Kier alpha value is -1.33. The summed E-state index contributed by atoms with van der Waals surface area (Å²) in [7, 11) is 0. The van der Waals surface area contributed by atoms with Crippen LogP contribution in [0.15, 0.2) is 18.2 Å². The van der Waals surface area contributed by atoms with Crippen LogP contribution < -0.4 is 4.90 Å². The molecule has 88 valence electrons. The summed E-state index contributed by atoms with van der Waals surface area (Å²) in [6.45, 7) is 1.09. The number of thiazole rings is 1. The number of nitrogens with zero attached hydrogens (tertiary/aromatic N) is 2. The Morgan fingerprint density at radius 1 is 1.53 bits per heavy atom. The van der Waals surface area contributed by atoms with Gasteiger partial charge in [0.1, 0.15) is 0 Å². The summed E-state index contributed by atoms with van der Waals surface area (Å²) in [5.41, 5.74) is 0.910. The Bertz CT molecular complexity index is 592. The van der Waals surface area contributed by atoms with Gasteiger partial charge in [-0.3, -0.25) is 4.79 Å². The third-order valence-electron chi connectivity index (χ3n) is 2.84. The van der Waals surface area contributed by atoms with Gasteiger partial charge in [-0.1, -0.05) is 22.9 Å². The first kappa shape index (κ1) is 10.8. The third kappa shape index (κ3) is 1.85. The number of carbonyl (C=O) groups is 1. The molecule has 17 heavy (non-hydrogen) atoms. The molecule has 1 aromatic heterocycles. The Labute approximate surface area is 106 Å². The number of aromatic nitrogens is 1. The fraction of sp³-hybridized carbons (Fsp3) is 0.273. The zero-order valence-corrected chi connectivity index (χ0v) is 10.3. The van der Waals surface area contributed by atoms with Crippen LogP contribution in [0.25, 0.3) is 10.2 Å². The van der Waals surface area contributed by atoms with Crippen molar-refractivity contribution >= 4 is 44.3 Å². The second kappa shape index (κ2) is 3.85. The van der Waals surface area contributed by atoms with Crippen molar-refractivity contribution in [3.05, 3.63) is 23.2 Å². The normalized spacial score (nSPS) is 16.2. The van der Waals surface area contributed by atoms with E-state index in [9.17, 15) is 4.79 Å². The highest BCUT2D eigenvalue weighted by molar-refractivity contribution is 7.22. The average Bonchev–Trinajstić information content (AvgIpc) is 2.56. The molecule has 1 aromatic carbocycles. The van der Waals surface area contributed by atoms with E-state index in [1.54, 1.807) is 11.3 Å². The molecule has 3 rings (SSSR count). The lowest BCUT2D eigenvalue weighted by atomic mass is 10.0. The molecule has 6 heteroatoms. The van der Waals surface area contributed by atoms with E-state index in [1.165, 1.54) is 0 Å². The zero-order chi connectivity index (χ0) is 12.0. The molecule has 1 aliphatic rings. The molecule has 0 saturated carbocycles. The number of benzene rings is 1. The molecule has 0 spiro atoms. The molecule has 1 N–H and O–H groups in total. The van der Waals surface area contributed by atoms with Crippen LogP contribution in [0, 0.1) is 5.92 Å². The largest absolute Gasteiger partial charge is 0.481 e. The van der Waals surface area contributed by atoms with Gasteiger partial charge < -0.3 is 10.0 Å². The van der Waals surface area contributed by atoms with Crippen LogP contribution in [-0.2, 0) is 4.79 Å². The van der Waals surface area contributed by atoms with Crippen molar-refractivity contribution in [1.82, 2.24) is 4.98 Å². The highest BCUT2D eigenvalue weighted by Crippen LogP contribution is 2.34. The van der Waals surface area contributed by atoms with Gasteiger partial charge in [0.25, 0.3) is 0 Å². The van der Waals surface area contributed by atoms with E-state index < -0.39 is 5.97 Å². The van der Waals surface area contributed by atoms with E-state index in [0.717, 1.165) is 15.3 Å². The van der Waals surface area contributed by atoms with Crippen molar-refractivity contribution in [3.63, 3.8) is 0 Å². The molecule has 0 unspecified atom stereocenters. The number of carboxylic acids is 1. The van der Waals surface area contributed by atoms with Crippen molar-refractivity contribution < 1.29 is 9.90 Å². The SMILES string of the molecule is O=C(O)C1CN(c2nc3ccc(Cl)cc3s2)C1. The second-order valence-corrected chi connectivity index (χ2v) is 5.49. The van der Waals surface area contributed by atoms with Gasteiger partial charge in [0.2, 0.25) is 0 Å². The van der Waals surface area contributed by atoms with Gasteiger partial charge in [-0.25, -0.2) is 4.98 Å². The molecule has 0 atom stereocenters. The summed E-state index contributed by atoms with van der Waals surface area (Å²) in [4.78, 5) is 17.2. The van der Waals surface area contributed by atoms with Crippen molar-refractivity contribution in [2.75, 3.05) is 18.0 Å². The molecule has 1 aliphatic heterocycles. The van der Waals surface area contributed by atoms with E-state index in [-0.39, 0.29) is 5.92 Å². The molecule has 2 aromatic rings. The second-order valence-electron chi connectivity index (χ2n) is 4.05. The predicted octanol–water partition coefficient (Wildman–Crippen LogP) is 2.47. The summed E-state index contributed by atoms with van der Waals surface area (Å²) in [5.74, 6) is -0.990. The number of anilines is 1. The van der Waals surface area contributed by atoms with Crippen molar-refractivity contribution in [2.24, 2.45) is 5.92 Å². The Kier molecular flexibility index (Phi) is 2.45. The van der Waals surface area contributed by atoms with Crippen LogP contribution in [0.2, 0.25) is 5.02 Å². The average molecular weight is 269 g/mol. The van der Waals surface area contributed by atoms with Crippen LogP contribution in [0.3, 0.4) is 0 Å². The van der Waals surface area contributed by atoms with Crippen molar-refractivity contribution in [3.8, 4) is 0 Å². The van der Waals surface area contributed by atoms with Gasteiger partial charge >= 0.3 is 5.97 Å². The van der Waals surface area contributed by atoms with Crippen LogP contribution in [0.1, 0.15) is 0 Å². The number of aliphatic carboxylic acids is 1. The molecule has 0 aliphatic carbocycles. The highest BCUT2D eigenvalue weighted by atomic mass is 35.5. The van der Waals surface area contributed by atoms with Gasteiger partial charge in [0.05, 0.1) is 16.1 Å². The molecule has 0 bridgehead atoms. The van der Waals surface area contributed by atoms with E-state index in [2.05, 4.69) is 4.98 Å². The monoisotopic (exact) mass is 268 g/mol. The molecule has 1 saturated heterocycles. The van der Waals surface area contributed by atoms with Crippen LogP contribution in [0.4, 0.5) is 5.13 Å². The minimum absolute atomic E-state index is 0.259. The standard InChI is InChI=1S/C11H9ClN2O2S/c12-7-1-2-8-9(3-7)17-11(13-8)14-4-6(5-14)10(15)16/h1-3,6H,4-5H2,(H,15,16). The smallest absolute Gasteiger partial charge is 0.310 e. The molecule has 1 fully saturated rings. The minimum Gasteiger partial charge on any atom is -0.481 e. The van der Waals surface area contributed by atoms with Crippen molar-refractivity contribution in [1.29, 1.82) is 0 Å². The lowest BCUT2D eigenvalue weighted by Crippen LogP contribution is -2.50. The maximum Gasteiger partial charge on any atom is 0.310 e. The van der Waals surface area contributed by atoms with E-state index >= 15 is 0 Å². The van der Waals surface area contributed by atoms with E-state index in [4.69, 9.17) is 16.7 Å². The molecule has 0 amide bonds. The lowest BCUT2D eigenvalue weighted by Gasteiger charge is -2.36. The number of carboxylic acid groups (broad SMARTS) is 1. The number of hydrogen-bond acceptors (Lipinski definition) is 4. The summed E-state index contributed by atoms with van der Waals surface area (Å²) in [6.07, 6.45) is 0. The Balaban J connectivity index is 1.85. The van der Waals surface area contributed by atoms with Crippen LogP contribution in [-0.4, -0.2) is 29.1 Å². The van der Waals surface area contributed by atoms with Crippen LogP contribution in [0.5, 0.6) is 0 Å². The van der Waals surface area contributed by atoms with Crippen molar-refractivity contribution in [2.45, 2.75) is 0 Å².